The zero-order valence-electron chi connectivity index (χ0n) is 12.0. The standard InChI is InChI=1S/C14H20N2O4S/c1-21(18,19)16-8-4-5-11(9-16)10-20-14(17)12-6-2-3-7-13(12)15/h2-3,6-7,11H,4-5,8-10,15H2,1H3. The number of rotatable bonds is 4. The minimum Gasteiger partial charge on any atom is -0.462 e. The molecule has 1 aromatic carbocycles. The number of hydrogen-bond donors (Lipinski definition) is 1. The van der Waals surface area contributed by atoms with Gasteiger partial charge in [-0.3, -0.25) is 0 Å². The van der Waals surface area contributed by atoms with Crippen LogP contribution < -0.4 is 5.73 Å². The van der Waals surface area contributed by atoms with E-state index in [-0.39, 0.29) is 12.5 Å². The predicted molar refractivity (Wildman–Crippen MR) is 80.3 cm³/mol. The summed E-state index contributed by atoms with van der Waals surface area (Å²) >= 11 is 0. The van der Waals surface area contributed by atoms with Gasteiger partial charge in [-0.2, -0.15) is 0 Å². The van der Waals surface area contributed by atoms with E-state index < -0.39 is 16.0 Å². The van der Waals surface area contributed by atoms with Crippen LogP contribution in [0.2, 0.25) is 0 Å². The van der Waals surface area contributed by atoms with Crippen LogP contribution in [0.4, 0.5) is 5.69 Å². The van der Waals surface area contributed by atoms with Crippen LogP contribution in [0.3, 0.4) is 0 Å². The molecule has 0 saturated carbocycles. The number of nitrogen functional groups attached to an aromatic ring is 1. The van der Waals surface area contributed by atoms with Gasteiger partial charge in [-0.15, -0.1) is 0 Å². The van der Waals surface area contributed by atoms with Crippen LogP contribution in [0, 0.1) is 5.92 Å². The van der Waals surface area contributed by atoms with Gasteiger partial charge in [-0.05, 0) is 25.0 Å². The van der Waals surface area contributed by atoms with Crippen LogP contribution >= 0.6 is 0 Å². The van der Waals surface area contributed by atoms with Gasteiger partial charge in [0.2, 0.25) is 10.0 Å². The topological polar surface area (TPSA) is 89.7 Å². The molecule has 1 saturated heterocycles. The van der Waals surface area contributed by atoms with Crippen molar-refractivity contribution in [1.29, 1.82) is 0 Å². The highest BCUT2D eigenvalue weighted by atomic mass is 32.2. The van der Waals surface area contributed by atoms with Gasteiger partial charge in [0.1, 0.15) is 0 Å². The third-order valence-electron chi connectivity index (χ3n) is 3.58. The van der Waals surface area contributed by atoms with E-state index in [2.05, 4.69) is 0 Å². The Balaban J connectivity index is 1.91. The Morgan fingerprint density at radius 2 is 2.14 bits per heavy atom. The van der Waals surface area contributed by atoms with Crippen molar-refractivity contribution >= 4 is 21.7 Å². The van der Waals surface area contributed by atoms with Crippen molar-refractivity contribution in [2.45, 2.75) is 12.8 Å². The molecule has 0 aliphatic carbocycles. The molecule has 2 N–H and O–H groups in total. The molecule has 0 radical (unpaired) electrons. The SMILES string of the molecule is CS(=O)(=O)N1CCCC(COC(=O)c2ccccc2N)C1. The summed E-state index contributed by atoms with van der Waals surface area (Å²) in [6, 6.07) is 6.72. The number of nitrogens with zero attached hydrogens (tertiary/aromatic N) is 1. The Kier molecular flexibility index (Phi) is 4.84. The number of anilines is 1. The number of para-hydroxylation sites is 1. The summed E-state index contributed by atoms with van der Waals surface area (Å²) in [6.07, 6.45) is 2.83. The van der Waals surface area contributed by atoms with Crippen molar-refractivity contribution in [3.8, 4) is 0 Å². The van der Waals surface area contributed by atoms with Gasteiger partial charge in [0.25, 0.3) is 0 Å². The average molecular weight is 312 g/mol. The van der Waals surface area contributed by atoms with Gasteiger partial charge in [-0.25, -0.2) is 17.5 Å². The minimum atomic E-state index is -3.18. The molecule has 1 unspecified atom stereocenters. The van der Waals surface area contributed by atoms with Crippen molar-refractivity contribution in [3.05, 3.63) is 29.8 Å². The van der Waals surface area contributed by atoms with Gasteiger partial charge in [-0.1, -0.05) is 12.1 Å². The highest BCUT2D eigenvalue weighted by molar-refractivity contribution is 7.88. The first-order valence-corrected chi connectivity index (χ1v) is 8.69. The van der Waals surface area contributed by atoms with Crippen molar-refractivity contribution < 1.29 is 17.9 Å². The number of carbonyl (C=O) groups is 1. The molecule has 0 spiro atoms. The summed E-state index contributed by atoms with van der Waals surface area (Å²) in [5.74, 6) is -0.438. The fourth-order valence-electron chi connectivity index (χ4n) is 2.42. The number of piperidine rings is 1. The van der Waals surface area contributed by atoms with Crippen LogP contribution in [-0.4, -0.2) is 44.6 Å². The van der Waals surface area contributed by atoms with Gasteiger partial charge >= 0.3 is 5.97 Å². The number of ether oxygens (including phenoxy) is 1. The van der Waals surface area contributed by atoms with Gasteiger partial charge < -0.3 is 10.5 Å². The van der Waals surface area contributed by atoms with Gasteiger partial charge in [0.05, 0.1) is 18.4 Å². The van der Waals surface area contributed by atoms with E-state index in [1.54, 1.807) is 24.3 Å². The number of carbonyl (C=O) groups excluding carboxylic acids is 1. The summed E-state index contributed by atoms with van der Waals surface area (Å²) in [7, 11) is -3.18. The summed E-state index contributed by atoms with van der Waals surface area (Å²) in [5, 5.41) is 0. The lowest BCUT2D eigenvalue weighted by atomic mass is 10.0. The molecule has 21 heavy (non-hydrogen) atoms. The highest BCUT2D eigenvalue weighted by Gasteiger charge is 2.26. The van der Waals surface area contributed by atoms with E-state index in [0.29, 0.717) is 24.3 Å². The third-order valence-corrected chi connectivity index (χ3v) is 4.85. The normalized spacial score (nSPS) is 20.1. The molecule has 0 amide bonds. The molecule has 0 aromatic heterocycles. The second-order valence-electron chi connectivity index (χ2n) is 5.31. The molecule has 1 aliphatic rings. The molecule has 1 aliphatic heterocycles. The number of nitrogens with two attached hydrogens (primary N) is 1. The average Bonchev–Trinajstić information content (AvgIpc) is 2.45. The van der Waals surface area contributed by atoms with Crippen molar-refractivity contribution in [2.75, 3.05) is 31.7 Å². The van der Waals surface area contributed by atoms with Crippen LogP contribution in [0.25, 0.3) is 0 Å². The second kappa shape index (κ2) is 6.44. The lowest BCUT2D eigenvalue weighted by molar-refractivity contribution is 0.0398. The number of benzene rings is 1. The molecule has 6 nitrogen and oxygen atoms in total. The molecular weight excluding hydrogens is 292 g/mol. The molecule has 7 heteroatoms. The summed E-state index contributed by atoms with van der Waals surface area (Å²) in [6.45, 7) is 1.14. The van der Waals surface area contributed by atoms with Crippen molar-refractivity contribution in [3.63, 3.8) is 0 Å². The molecule has 2 rings (SSSR count). The largest absolute Gasteiger partial charge is 0.462 e. The Morgan fingerprint density at radius 3 is 2.81 bits per heavy atom. The smallest absolute Gasteiger partial charge is 0.340 e. The second-order valence-corrected chi connectivity index (χ2v) is 7.30. The number of sulfonamides is 1. The van der Waals surface area contributed by atoms with E-state index in [1.807, 2.05) is 0 Å². The van der Waals surface area contributed by atoms with Gasteiger partial charge in [0, 0.05) is 24.7 Å². The Morgan fingerprint density at radius 1 is 1.43 bits per heavy atom. The van der Waals surface area contributed by atoms with Crippen LogP contribution in [-0.2, 0) is 14.8 Å². The van der Waals surface area contributed by atoms with Crippen LogP contribution in [0.15, 0.2) is 24.3 Å². The van der Waals surface area contributed by atoms with E-state index in [4.69, 9.17) is 10.5 Å². The summed E-state index contributed by atoms with van der Waals surface area (Å²) in [4.78, 5) is 12.0. The highest BCUT2D eigenvalue weighted by Crippen LogP contribution is 2.20. The monoisotopic (exact) mass is 312 g/mol. The molecule has 1 aromatic rings. The third kappa shape index (κ3) is 4.18. The van der Waals surface area contributed by atoms with Crippen LogP contribution in [0.1, 0.15) is 23.2 Å². The van der Waals surface area contributed by atoms with E-state index >= 15 is 0 Å². The lowest BCUT2D eigenvalue weighted by Crippen LogP contribution is -2.40. The summed E-state index contributed by atoms with van der Waals surface area (Å²) in [5.41, 5.74) is 6.44. The minimum absolute atomic E-state index is 0.0300. The summed E-state index contributed by atoms with van der Waals surface area (Å²) < 4.78 is 29.8. The zero-order valence-corrected chi connectivity index (χ0v) is 12.8. The maximum atomic E-state index is 12.0. The zero-order chi connectivity index (χ0) is 15.5. The molecule has 116 valence electrons. The van der Waals surface area contributed by atoms with E-state index in [9.17, 15) is 13.2 Å². The molecule has 1 heterocycles. The Labute approximate surface area is 124 Å². The first kappa shape index (κ1) is 15.8. The molecular formula is C14H20N2O4S. The number of hydrogen-bond acceptors (Lipinski definition) is 5. The molecule has 1 atom stereocenters. The fraction of sp³-hybridized carbons (Fsp3) is 0.500. The maximum Gasteiger partial charge on any atom is 0.340 e. The maximum absolute atomic E-state index is 12.0. The first-order chi connectivity index (χ1) is 9.88. The Hall–Kier alpha value is -1.60. The molecule has 0 bridgehead atoms. The predicted octanol–water partition coefficient (Wildman–Crippen LogP) is 1.10. The van der Waals surface area contributed by atoms with E-state index in [1.165, 1.54) is 10.6 Å². The Bertz CT molecular complexity index is 615. The molecule has 1 fully saturated rings. The van der Waals surface area contributed by atoms with Gasteiger partial charge in [0.15, 0.2) is 0 Å². The lowest BCUT2D eigenvalue weighted by Gasteiger charge is -2.30. The number of esters is 1. The van der Waals surface area contributed by atoms with Crippen molar-refractivity contribution in [1.82, 2.24) is 4.31 Å². The van der Waals surface area contributed by atoms with Crippen LogP contribution in [0.5, 0.6) is 0 Å². The fourth-order valence-corrected chi connectivity index (χ4v) is 3.36. The van der Waals surface area contributed by atoms with Crippen molar-refractivity contribution in [2.24, 2.45) is 5.92 Å². The quantitative estimate of drug-likeness (QED) is 0.664. The first-order valence-electron chi connectivity index (χ1n) is 6.84. The van der Waals surface area contributed by atoms with E-state index in [0.717, 1.165) is 12.8 Å².